The van der Waals surface area contributed by atoms with E-state index in [2.05, 4.69) is 4.98 Å². The van der Waals surface area contributed by atoms with Crippen molar-refractivity contribution in [3.8, 4) is 0 Å². The van der Waals surface area contributed by atoms with Crippen molar-refractivity contribution in [2.45, 2.75) is 37.6 Å². The molecular formula is C17H21N3OS. The Kier molecular flexibility index (Phi) is 4.62. The number of carbonyl (C=O) groups excluding carboxylic acids is 1. The first-order chi connectivity index (χ1) is 10.7. The van der Waals surface area contributed by atoms with Crippen LogP contribution in [-0.2, 0) is 4.79 Å². The minimum atomic E-state index is 0.172. The van der Waals surface area contributed by atoms with Gasteiger partial charge in [-0.25, -0.2) is 9.97 Å². The summed E-state index contributed by atoms with van der Waals surface area (Å²) in [6, 6.07) is 8.07. The Morgan fingerprint density at radius 1 is 1.23 bits per heavy atom. The molecule has 3 rings (SSSR count). The van der Waals surface area contributed by atoms with Crippen LogP contribution in [0.3, 0.4) is 0 Å². The van der Waals surface area contributed by atoms with Gasteiger partial charge in [-0.2, -0.15) is 0 Å². The number of thioether (sulfide) groups is 1. The molecule has 1 amide bonds. The third-order valence-electron chi connectivity index (χ3n) is 3.98. The minimum absolute atomic E-state index is 0.172. The van der Waals surface area contributed by atoms with Crippen LogP contribution >= 0.6 is 11.8 Å². The first-order valence-electron chi connectivity index (χ1n) is 7.90. The monoisotopic (exact) mass is 315 g/mol. The summed E-state index contributed by atoms with van der Waals surface area (Å²) in [6.45, 7) is 5.54. The number of nitrogens with zero attached hydrogens (tertiary/aromatic N) is 3. The zero-order valence-electron chi connectivity index (χ0n) is 13.1. The molecule has 0 saturated heterocycles. The molecule has 4 nitrogen and oxygen atoms in total. The fourth-order valence-corrected chi connectivity index (χ4v) is 3.43. The van der Waals surface area contributed by atoms with Gasteiger partial charge in [-0.05, 0) is 32.8 Å². The lowest BCUT2D eigenvalue weighted by molar-refractivity contribution is -0.127. The molecule has 1 aromatic heterocycles. The topological polar surface area (TPSA) is 46.1 Å². The summed E-state index contributed by atoms with van der Waals surface area (Å²) in [5, 5.41) is 1.98. The largest absolute Gasteiger partial charge is 0.343 e. The molecule has 116 valence electrons. The highest BCUT2D eigenvalue weighted by Gasteiger charge is 2.27. The number of carbonyl (C=O) groups is 1. The Balaban J connectivity index is 1.84. The van der Waals surface area contributed by atoms with Gasteiger partial charge in [0.1, 0.15) is 10.9 Å². The summed E-state index contributed by atoms with van der Waals surface area (Å²) in [5.74, 6) is 2.07. The van der Waals surface area contributed by atoms with Gasteiger partial charge < -0.3 is 4.90 Å². The fraction of sp³-hybridized carbons (Fsp3) is 0.471. The fourth-order valence-electron chi connectivity index (χ4n) is 2.50. The number of para-hydroxylation sites is 1. The predicted molar refractivity (Wildman–Crippen MR) is 90.2 cm³/mol. The van der Waals surface area contributed by atoms with E-state index in [1.165, 1.54) is 24.6 Å². The van der Waals surface area contributed by atoms with Gasteiger partial charge >= 0.3 is 0 Å². The second-order valence-corrected chi connectivity index (χ2v) is 6.50. The highest BCUT2D eigenvalue weighted by atomic mass is 32.2. The summed E-state index contributed by atoms with van der Waals surface area (Å²) in [4.78, 5) is 23.5. The number of fused-ring (bicyclic) bond motifs is 1. The van der Waals surface area contributed by atoms with Crippen molar-refractivity contribution in [1.82, 2.24) is 14.9 Å². The quantitative estimate of drug-likeness (QED) is 0.605. The van der Waals surface area contributed by atoms with Gasteiger partial charge in [0.2, 0.25) is 5.91 Å². The van der Waals surface area contributed by atoms with E-state index in [0.29, 0.717) is 11.7 Å². The first kappa shape index (κ1) is 15.3. The third kappa shape index (κ3) is 3.24. The molecule has 0 unspecified atom stereocenters. The number of benzene rings is 1. The molecule has 1 fully saturated rings. The average Bonchev–Trinajstić information content (AvgIpc) is 3.38. The van der Waals surface area contributed by atoms with Crippen molar-refractivity contribution in [2.24, 2.45) is 0 Å². The summed E-state index contributed by atoms with van der Waals surface area (Å²) in [6.07, 6.45) is 2.36. The van der Waals surface area contributed by atoms with Crippen molar-refractivity contribution < 1.29 is 4.79 Å². The molecule has 1 aliphatic rings. The van der Waals surface area contributed by atoms with Crippen LogP contribution in [-0.4, -0.2) is 39.6 Å². The summed E-state index contributed by atoms with van der Waals surface area (Å²) >= 11 is 1.53. The second-order valence-electron chi connectivity index (χ2n) is 5.53. The Hall–Kier alpha value is -1.62. The number of aromatic nitrogens is 2. The first-order valence-corrected chi connectivity index (χ1v) is 8.88. The van der Waals surface area contributed by atoms with Crippen LogP contribution in [0, 0.1) is 0 Å². The van der Waals surface area contributed by atoms with Crippen LogP contribution in [0.4, 0.5) is 0 Å². The lowest BCUT2D eigenvalue weighted by Crippen LogP contribution is -2.31. The molecule has 2 aromatic rings. The molecule has 1 aromatic carbocycles. The van der Waals surface area contributed by atoms with Crippen LogP contribution in [0.1, 0.15) is 38.4 Å². The highest BCUT2D eigenvalue weighted by molar-refractivity contribution is 8.00. The van der Waals surface area contributed by atoms with Gasteiger partial charge in [-0.1, -0.05) is 30.0 Å². The third-order valence-corrected chi connectivity index (χ3v) is 4.95. The molecule has 1 heterocycles. The highest BCUT2D eigenvalue weighted by Crippen LogP contribution is 2.39. The zero-order valence-corrected chi connectivity index (χ0v) is 13.9. The molecule has 0 radical (unpaired) electrons. The molecular weight excluding hydrogens is 294 g/mol. The summed E-state index contributed by atoms with van der Waals surface area (Å²) < 4.78 is 0. The molecule has 5 heteroatoms. The lowest BCUT2D eigenvalue weighted by atomic mass is 10.2. The van der Waals surface area contributed by atoms with E-state index in [1.54, 1.807) is 0 Å². The second kappa shape index (κ2) is 6.65. The SMILES string of the molecule is CCN(CC)C(=O)CSc1nc(C2CC2)nc2ccccc12. The van der Waals surface area contributed by atoms with Gasteiger partial charge in [0, 0.05) is 24.4 Å². The molecule has 0 N–H and O–H groups in total. The van der Waals surface area contributed by atoms with Crippen LogP contribution < -0.4 is 0 Å². The Labute approximate surface area is 135 Å². The van der Waals surface area contributed by atoms with E-state index in [0.717, 1.165) is 34.8 Å². The van der Waals surface area contributed by atoms with Crippen LogP contribution in [0.25, 0.3) is 10.9 Å². The normalized spacial score (nSPS) is 14.3. The van der Waals surface area contributed by atoms with Crippen LogP contribution in [0.15, 0.2) is 29.3 Å². The molecule has 1 aliphatic carbocycles. The van der Waals surface area contributed by atoms with Crippen molar-refractivity contribution in [2.75, 3.05) is 18.8 Å². The Morgan fingerprint density at radius 3 is 2.64 bits per heavy atom. The minimum Gasteiger partial charge on any atom is -0.343 e. The van der Waals surface area contributed by atoms with Gasteiger partial charge in [0.25, 0.3) is 0 Å². The van der Waals surface area contributed by atoms with Crippen molar-refractivity contribution >= 4 is 28.6 Å². The van der Waals surface area contributed by atoms with E-state index >= 15 is 0 Å². The van der Waals surface area contributed by atoms with Crippen LogP contribution in [0.5, 0.6) is 0 Å². The molecule has 0 aliphatic heterocycles. The lowest BCUT2D eigenvalue weighted by Gasteiger charge is -2.18. The standard InChI is InChI=1S/C17H21N3OS/c1-3-20(4-2)15(21)11-22-17-13-7-5-6-8-14(13)18-16(19-17)12-9-10-12/h5-8,12H,3-4,9-11H2,1-2H3. The van der Waals surface area contributed by atoms with Gasteiger partial charge in [-0.3, -0.25) is 4.79 Å². The van der Waals surface area contributed by atoms with E-state index in [-0.39, 0.29) is 5.91 Å². The Bertz CT molecular complexity index is 681. The molecule has 22 heavy (non-hydrogen) atoms. The summed E-state index contributed by atoms with van der Waals surface area (Å²) in [7, 11) is 0. The van der Waals surface area contributed by atoms with Crippen LogP contribution in [0.2, 0.25) is 0 Å². The number of hydrogen-bond donors (Lipinski definition) is 0. The van der Waals surface area contributed by atoms with Gasteiger partial charge in [0.05, 0.1) is 11.3 Å². The predicted octanol–water partition coefficient (Wildman–Crippen LogP) is 3.47. The maximum absolute atomic E-state index is 12.2. The molecule has 0 atom stereocenters. The Morgan fingerprint density at radius 2 is 1.95 bits per heavy atom. The van der Waals surface area contributed by atoms with Gasteiger partial charge in [0.15, 0.2) is 0 Å². The van der Waals surface area contributed by atoms with Gasteiger partial charge in [-0.15, -0.1) is 0 Å². The van der Waals surface area contributed by atoms with E-state index in [9.17, 15) is 4.79 Å². The average molecular weight is 315 g/mol. The smallest absolute Gasteiger partial charge is 0.232 e. The number of rotatable bonds is 6. The molecule has 0 spiro atoms. The summed E-state index contributed by atoms with van der Waals surface area (Å²) in [5.41, 5.74) is 0.984. The molecule has 0 bridgehead atoms. The van der Waals surface area contributed by atoms with E-state index in [4.69, 9.17) is 4.98 Å². The number of hydrogen-bond acceptors (Lipinski definition) is 4. The zero-order chi connectivity index (χ0) is 15.5. The number of amides is 1. The van der Waals surface area contributed by atoms with Crippen molar-refractivity contribution in [3.63, 3.8) is 0 Å². The van der Waals surface area contributed by atoms with E-state index in [1.807, 2.05) is 43.0 Å². The maximum Gasteiger partial charge on any atom is 0.232 e. The maximum atomic E-state index is 12.2. The van der Waals surface area contributed by atoms with Crippen molar-refractivity contribution in [1.29, 1.82) is 0 Å². The molecule has 1 saturated carbocycles. The van der Waals surface area contributed by atoms with E-state index < -0.39 is 0 Å². The van der Waals surface area contributed by atoms with Crippen molar-refractivity contribution in [3.05, 3.63) is 30.1 Å².